The van der Waals surface area contributed by atoms with Gasteiger partial charge in [0.1, 0.15) is 5.75 Å². The van der Waals surface area contributed by atoms with Gasteiger partial charge in [-0.1, -0.05) is 27.5 Å². The molecule has 0 saturated carbocycles. The van der Waals surface area contributed by atoms with Crippen molar-refractivity contribution in [2.24, 2.45) is 0 Å². The van der Waals surface area contributed by atoms with E-state index in [-0.39, 0.29) is 18.6 Å². The third-order valence-corrected chi connectivity index (χ3v) is 3.37. The summed E-state index contributed by atoms with van der Waals surface area (Å²) in [5, 5.41) is 3.27. The second-order valence-corrected chi connectivity index (χ2v) is 6.27. The fraction of sp³-hybridized carbons (Fsp3) is 0.533. The van der Waals surface area contributed by atoms with Crippen LogP contribution in [0.15, 0.2) is 16.6 Å². The number of halogens is 2. The average Bonchev–Trinajstić information content (AvgIpc) is 2.36. The summed E-state index contributed by atoms with van der Waals surface area (Å²) < 4.78 is 11.8. The summed E-state index contributed by atoms with van der Waals surface area (Å²) in [4.78, 5) is 11.7. The van der Waals surface area contributed by atoms with E-state index >= 15 is 0 Å². The van der Waals surface area contributed by atoms with Gasteiger partial charge < -0.3 is 14.8 Å². The largest absolute Gasteiger partial charge is 0.482 e. The van der Waals surface area contributed by atoms with Crippen molar-refractivity contribution >= 4 is 33.4 Å². The van der Waals surface area contributed by atoms with Crippen molar-refractivity contribution in [1.82, 2.24) is 5.32 Å². The number of carbonyl (C=O) groups is 1. The van der Waals surface area contributed by atoms with E-state index in [1.54, 1.807) is 6.07 Å². The molecule has 21 heavy (non-hydrogen) atoms. The van der Waals surface area contributed by atoms with Crippen molar-refractivity contribution in [1.29, 1.82) is 0 Å². The number of hydrogen-bond acceptors (Lipinski definition) is 3. The fourth-order valence-electron chi connectivity index (χ4n) is 1.68. The minimum atomic E-state index is -0.169. The van der Waals surface area contributed by atoms with Crippen molar-refractivity contribution < 1.29 is 14.3 Å². The van der Waals surface area contributed by atoms with E-state index in [4.69, 9.17) is 21.1 Å². The van der Waals surface area contributed by atoms with Gasteiger partial charge in [-0.3, -0.25) is 4.79 Å². The summed E-state index contributed by atoms with van der Waals surface area (Å²) in [5.41, 5.74) is 0.882. The number of hydrogen-bond donors (Lipinski definition) is 1. The minimum absolute atomic E-state index is 0.0484. The van der Waals surface area contributed by atoms with Crippen molar-refractivity contribution in [3.05, 3.63) is 27.2 Å². The van der Waals surface area contributed by atoms with Gasteiger partial charge >= 0.3 is 0 Å². The predicted molar refractivity (Wildman–Crippen MR) is 88.1 cm³/mol. The molecule has 1 aromatic carbocycles. The Morgan fingerprint density at radius 1 is 1.43 bits per heavy atom. The highest BCUT2D eigenvalue weighted by Gasteiger charge is 2.09. The molecule has 0 spiro atoms. The summed E-state index contributed by atoms with van der Waals surface area (Å²) >= 11 is 9.45. The topological polar surface area (TPSA) is 47.6 Å². The molecule has 0 saturated heterocycles. The highest BCUT2D eigenvalue weighted by atomic mass is 79.9. The molecule has 0 atom stereocenters. The van der Waals surface area contributed by atoms with Crippen molar-refractivity contribution in [3.8, 4) is 5.75 Å². The van der Waals surface area contributed by atoms with E-state index in [0.717, 1.165) is 16.5 Å². The summed E-state index contributed by atoms with van der Waals surface area (Å²) in [6, 6.07) is 3.63. The molecular weight excluding hydrogens is 358 g/mol. The van der Waals surface area contributed by atoms with Gasteiger partial charge in [0.15, 0.2) is 6.61 Å². The van der Waals surface area contributed by atoms with Gasteiger partial charge in [-0.25, -0.2) is 0 Å². The first kappa shape index (κ1) is 18.3. The second kappa shape index (κ2) is 9.28. The quantitative estimate of drug-likeness (QED) is 0.701. The van der Waals surface area contributed by atoms with Gasteiger partial charge in [0, 0.05) is 17.6 Å². The standard InChI is InChI=1S/C15H21BrClNO3/c1-10(2)20-6-4-5-18-14(19)9-21-15-11(3)7-12(16)8-13(15)17/h7-8,10H,4-6,9H2,1-3H3,(H,18,19). The van der Waals surface area contributed by atoms with Crippen LogP contribution in [0.2, 0.25) is 5.02 Å². The third-order valence-electron chi connectivity index (χ3n) is 2.64. The molecule has 0 bridgehead atoms. The molecule has 0 unspecified atom stereocenters. The third kappa shape index (κ3) is 7.16. The molecular formula is C15H21BrClNO3. The zero-order valence-electron chi connectivity index (χ0n) is 12.5. The van der Waals surface area contributed by atoms with Crippen LogP contribution in [0.5, 0.6) is 5.75 Å². The summed E-state index contributed by atoms with van der Waals surface area (Å²) in [5.74, 6) is 0.371. The molecule has 0 aliphatic rings. The Labute approximate surface area is 139 Å². The molecule has 1 rings (SSSR count). The monoisotopic (exact) mass is 377 g/mol. The van der Waals surface area contributed by atoms with Crippen LogP contribution >= 0.6 is 27.5 Å². The molecule has 118 valence electrons. The summed E-state index contributed by atoms with van der Waals surface area (Å²) in [7, 11) is 0. The lowest BCUT2D eigenvalue weighted by molar-refractivity contribution is -0.123. The number of ether oxygens (including phenoxy) is 2. The molecule has 0 aliphatic heterocycles. The van der Waals surface area contributed by atoms with Crippen LogP contribution < -0.4 is 10.1 Å². The van der Waals surface area contributed by atoms with Gasteiger partial charge in [-0.2, -0.15) is 0 Å². The summed E-state index contributed by atoms with van der Waals surface area (Å²) in [6.07, 6.45) is 0.994. The summed E-state index contributed by atoms with van der Waals surface area (Å²) in [6.45, 7) is 7.01. The number of aryl methyl sites for hydroxylation is 1. The molecule has 1 N–H and O–H groups in total. The molecule has 1 amide bonds. The number of amides is 1. The first-order valence-corrected chi connectivity index (χ1v) is 8.04. The number of rotatable bonds is 8. The van der Waals surface area contributed by atoms with Gasteiger partial charge in [0.05, 0.1) is 11.1 Å². The van der Waals surface area contributed by atoms with E-state index in [1.807, 2.05) is 26.8 Å². The maximum Gasteiger partial charge on any atom is 0.257 e. The van der Waals surface area contributed by atoms with Crippen LogP contribution in [-0.4, -0.2) is 31.8 Å². The lowest BCUT2D eigenvalue weighted by Gasteiger charge is -2.12. The minimum Gasteiger partial charge on any atom is -0.482 e. The molecule has 1 aromatic rings. The average molecular weight is 379 g/mol. The van der Waals surface area contributed by atoms with Crippen LogP contribution in [0.25, 0.3) is 0 Å². The SMILES string of the molecule is Cc1cc(Br)cc(Cl)c1OCC(=O)NCCCOC(C)C. The Bertz CT molecular complexity index is 457. The van der Waals surface area contributed by atoms with Crippen molar-refractivity contribution in [3.63, 3.8) is 0 Å². The molecule has 0 aromatic heterocycles. The maximum atomic E-state index is 11.7. The van der Waals surface area contributed by atoms with E-state index in [9.17, 15) is 4.79 Å². The molecule has 0 radical (unpaired) electrons. The van der Waals surface area contributed by atoms with Gasteiger partial charge in [0.25, 0.3) is 5.91 Å². The van der Waals surface area contributed by atoms with Crippen LogP contribution in [-0.2, 0) is 9.53 Å². The molecule has 6 heteroatoms. The highest BCUT2D eigenvalue weighted by molar-refractivity contribution is 9.10. The lowest BCUT2D eigenvalue weighted by Crippen LogP contribution is -2.30. The van der Waals surface area contributed by atoms with Crippen molar-refractivity contribution in [2.45, 2.75) is 33.3 Å². The molecule has 4 nitrogen and oxygen atoms in total. The first-order valence-electron chi connectivity index (χ1n) is 6.87. The normalized spacial score (nSPS) is 10.8. The Balaban J connectivity index is 2.30. The van der Waals surface area contributed by atoms with Crippen LogP contribution in [0.3, 0.4) is 0 Å². The number of benzene rings is 1. The van der Waals surface area contributed by atoms with Crippen LogP contribution in [0, 0.1) is 6.92 Å². The lowest BCUT2D eigenvalue weighted by atomic mass is 10.2. The Hall–Kier alpha value is -0.780. The number of nitrogens with one attached hydrogen (secondary N) is 1. The predicted octanol–water partition coefficient (Wildman–Crippen LogP) is 3.72. The smallest absolute Gasteiger partial charge is 0.257 e. The van der Waals surface area contributed by atoms with Crippen LogP contribution in [0.1, 0.15) is 25.8 Å². The number of carbonyl (C=O) groups excluding carboxylic acids is 1. The van der Waals surface area contributed by atoms with E-state index in [1.165, 1.54) is 0 Å². The van der Waals surface area contributed by atoms with Crippen molar-refractivity contribution in [2.75, 3.05) is 19.8 Å². The molecule has 0 aliphatic carbocycles. The van der Waals surface area contributed by atoms with E-state index < -0.39 is 0 Å². The zero-order valence-corrected chi connectivity index (χ0v) is 14.9. The van der Waals surface area contributed by atoms with E-state index in [0.29, 0.717) is 23.9 Å². The molecule has 0 fully saturated rings. The Kier molecular flexibility index (Phi) is 8.07. The fourth-order valence-corrected chi connectivity index (χ4v) is 2.70. The van der Waals surface area contributed by atoms with Gasteiger partial charge in [-0.15, -0.1) is 0 Å². The second-order valence-electron chi connectivity index (χ2n) is 4.95. The molecule has 0 heterocycles. The van der Waals surface area contributed by atoms with Crippen LogP contribution in [0.4, 0.5) is 0 Å². The Morgan fingerprint density at radius 2 is 2.14 bits per heavy atom. The highest BCUT2D eigenvalue weighted by Crippen LogP contribution is 2.31. The first-order chi connectivity index (χ1) is 9.90. The van der Waals surface area contributed by atoms with E-state index in [2.05, 4.69) is 21.2 Å². The zero-order chi connectivity index (χ0) is 15.8. The van der Waals surface area contributed by atoms with Gasteiger partial charge in [-0.05, 0) is 44.9 Å². The Morgan fingerprint density at radius 3 is 2.76 bits per heavy atom. The maximum absolute atomic E-state index is 11.7. The van der Waals surface area contributed by atoms with Gasteiger partial charge in [0.2, 0.25) is 0 Å².